The van der Waals surface area contributed by atoms with E-state index in [0.717, 1.165) is 19.5 Å². The molecule has 2 amide bonds. The van der Waals surface area contributed by atoms with Crippen LogP contribution < -0.4 is 10.7 Å². The number of rotatable bonds is 4. The molecule has 1 fully saturated rings. The molecule has 2 aromatic rings. The van der Waals surface area contributed by atoms with Crippen molar-refractivity contribution in [2.75, 3.05) is 19.6 Å². The van der Waals surface area contributed by atoms with Crippen LogP contribution in [0.1, 0.15) is 39.8 Å². The molecule has 1 aromatic carbocycles. The fourth-order valence-corrected chi connectivity index (χ4v) is 4.13. The smallest absolute Gasteiger partial charge is 0.275 e. The van der Waals surface area contributed by atoms with Gasteiger partial charge in [-0.15, -0.1) is 0 Å². The molecule has 0 spiro atoms. The van der Waals surface area contributed by atoms with Gasteiger partial charge in [0.15, 0.2) is 11.4 Å². The Balaban J connectivity index is 1.63. The second-order valence-corrected chi connectivity index (χ2v) is 7.49. The standard InChI is InChI=1S/C21H23FN4O4/c1-2-24-8-3-9-26-16(24)12-25-11-15(18(27)19(28)17(25)21(26)30)20(29)23-10-13-4-6-14(22)7-5-13/h4-7,11,16,28H,2-3,8-10,12H2,1H3,(H,23,29). The highest BCUT2D eigenvalue weighted by Crippen LogP contribution is 2.27. The first-order valence-corrected chi connectivity index (χ1v) is 9.94. The molecule has 9 heteroatoms. The number of hydrogen-bond donors (Lipinski definition) is 2. The van der Waals surface area contributed by atoms with Crippen LogP contribution in [-0.2, 0) is 13.1 Å². The van der Waals surface area contributed by atoms with E-state index in [-0.39, 0.29) is 29.8 Å². The summed E-state index contributed by atoms with van der Waals surface area (Å²) in [6.07, 6.45) is 1.99. The van der Waals surface area contributed by atoms with E-state index >= 15 is 0 Å². The number of halogens is 1. The lowest BCUT2D eigenvalue weighted by molar-refractivity contribution is -0.00764. The molecule has 158 valence electrons. The minimum atomic E-state index is -0.881. The first-order chi connectivity index (χ1) is 14.4. The van der Waals surface area contributed by atoms with E-state index in [0.29, 0.717) is 18.7 Å². The lowest BCUT2D eigenvalue weighted by Crippen LogP contribution is -2.60. The van der Waals surface area contributed by atoms with Crippen molar-refractivity contribution in [3.05, 3.63) is 63.3 Å². The van der Waals surface area contributed by atoms with Gasteiger partial charge in [0, 0.05) is 25.8 Å². The van der Waals surface area contributed by atoms with Gasteiger partial charge in [-0.2, -0.15) is 0 Å². The number of fused-ring (bicyclic) bond motifs is 2. The summed E-state index contributed by atoms with van der Waals surface area (Å²) in [4.78, 5) is 42.0. The monoisotopic (exact) mass is 414 g/mol. The summed E-state index contributed by atoms with van der Waals surface area (Å²) < 4.78 is 14.5. The van der Waals surface area contributed by atoms with Crippen molar-refractivity contribution in [2.45, 2.75) is 32.6 Å². The molecule has 1 aromatic heterocycles. The van der Waals surface area contributed by atoms with Gasteiger partial charge in [0.2, 0.25) is 5.43 Å². The van der Waals surface area contributed by atoms with E-state index in [1.54, 1.807) is 4.90 Å². The van der Waals surface area contributed by atoms with Crippen LogP contribution in [0.25, 0.3) is 0 Å². The van der Waals surface area contributed by atoms with E-state index in [4.69, 9.17) is 0 Å². The van der Waals surface area contributed by atoms with Gasteiger partial charge < -0.3 is 19.9 Å². The molecular weight excluding hydrogens is 391 g/mol. The van der Waals surface area contributed by atoms with Gasteiger partial charge in [0.1, 0.15) is 17.5 Å². The zero-order chi connectivity index (χ0) is 21.4. The van der Waals surface area contributed by atoms with Gasteiger partial charge in [0.05, 0.1) is 6.54 Å². The maximum Gasteiger partial charge on any atom is 0.275 e. The number of carbonyl (C=O) groups excluding carboxylic acids is 2. The lowest BCUT2D eigenvalue weighted by Gasteiger charge is -2.46. The van der Waals surface area contributed by atoms with Gasteiger partial charge >= 0.3 is 0 Å². The molecule has 0 bridgehead atoms. The summed E-state index contributed by atoms with van der Waals surface area (Å²) in [7, 11) is 0. The molecule has 0 aliphatic carbocycles. The normalized spacial score (nSPS) is 18.7. The minimum Gasteiger partial charge on any atom is -0.503 e. The van der Waals surface area contributed by atoms with E-state index < -0.39 is 23.0 Å². The molecule has 3 heterocycles. The third-order valence-corrected chi connectivity index (χ3v) is 5.72. The first-order valence-electron chi connectivity index (χ1n) is 9.94. The highest BCUT2D eigenvalue weighted by atomic mass is 19.1. The van der Waals surface area contributed by atoms with Crippen molar-refractivity contribution in [1.82, 2.24) is 19.7 Å². The molecule has 4 rings (SSSR count). The molecule has 30 heavy (non-hydrogen) atoms. The SMILES string of the molecule is CCN1CCCN2C(=O)c3c(O)c(=O)c(C(=O)NCc4ccc(F)cc4)cn3CC12. The first kappa shape index (κ1) is 20.1. The molecule has 0 saturated carbocycles. The van der Waals surface area contributed by atoms with Crippen LogP contribution in [0, 0.1) is 5.82 Å². The Morgan fingerprint density at radius 3 is 2.67 bits per heavy atom. The average molecular weight is 414 g/mol. The van der Waals surface area contributed by atoms with Crippen LogP contribution in [0.3, 0.4) is 0 Å². The number of nitrogens with one attached hydrogen (secondary N) is 1. The largest absolute Gasteiger partial charge is 0.503 e. The molecule has 0 radical (unpaired) electrons. The Labute approximate surface area is 172 Å². The number of benzene rings is 1. The predicted molar refractivity (Wildman–Crippen MR) is 107 cm³/mol. The number of likely N-dealkylation sites (N-methyl/N-ethyl adjacent to an activating group) is 1. The zero-order valence-electron chi connectivity index (χ0n) is 16.6. The minimum absolute atomic E-state index is 0.0794. The molecule has 2 aliphatic heterocycles. The van der Waals surface area contributed by atoms with E-state index in [2.05, 4.69) is 10.2 Å². The molecule has 2 aliphatic rings. The van der Waals surface area contributed by atoms with Crippen LogP contribution in [0.2, 0.25) is 0 Å². The third kappa shape index (κ3) is 3.45. The Bertz CT molecular complexity index is 1050. The molecule has 1 saturated heterocycles. The van der Waals surface area contributed by atoms with Crippen molar-refractivity contribution >= 4 is 11.8 Å². The van der Waals surface area contributed by atoms with Gasteiger partial charge in [-0.05, 0) is 30.7 Å². The second kappa shape index (κ2) is 7.91. The van der Waals surface area contributed by atoms with Crippen molar-refractivity contribution in [2.24, 2.45) is 0 Å². The number of nitrogens with zero attached hydrogens (tertiary/aromatic N) is 3. The summed E-state index contributed by atoms with van der Waals surface area (Å²) in [6.45, 7) is 4.66. The second-order valence-electron chi connectivity index (χ2n) is 7.49. The molecule has 1 atom stereocenters. The topological polar surface area (TPSA) is 94.9 Å². The van der Waals surface area contributed by atoms with Crippen LogP contribution in [0.5, 0.6) is 5.75 Å². The number of carbonyl (C=O) groups is 2. The number of amides is 2. The maximum atomic E-state index is 13.0. The van der Waals surface area contributed by atoms with Crippen molar-refractivity contribution in [3.63, 3.8) is 0 Å². The average Bonchev–Trinajstić information content (AvgIpc) is 2.75. The fourth-order valence-electron chi connectivity index (χ4n) is 4.13. The lowest BCUT2D eigenvalue weighted by atomic mass is 10.1. The van der Waals surface area contributed by atoms with Crippen molar-refractivity contribution in [1.29, 1.82) is 0 Å². The summed E-state index contributed by atoms with van der Waals surface area (Å²) in [5, 5.41) is 13.1. The third-order valence-electron chi connectivity index (χ3n) is 5.72. The van der Waals surface area contributed by atoms with Gasteiger partial charge in [0.25, 0.3) is 11.8 Å². The Kier molecular flexibility index (Phi) is 5.29. The molecule has 1 unspecified atom stereocenters. The molecular formula is C21H23FN4O4. The molecule has 2 N–H and O–H groups in total. The van der Waals surface area contributed by atoms with Gasteiger partial charge in [-0.3, -0.25) is 19.3 Å². The summed E-state index contributed by atoms with van der Waals surface area (Å²) >= 11 is 0. The highest BCUT2D eigenvalue weighted by molar-refractivity contribution is 5.99. The van der Waals surface area contributed by atoms with Crippen LogP contribution in [-0.4, -0.2) is 57.1 Å². The van der Waals surface area contributed by atoms with E-state index in [1.807, 2.05) is 6.92 Å². The zero-order valence-corrected chi connectivity index (χ0v) is 16.6. The quantitative estimate of drug-likeness (QED) is 0.782. The highest BCUT2D eigenvalue weighted by Gasteiger charge is 2.40. The van der Waals surface area contributed by atoms with E-state index in [1.165, 1.54) is 35.0 Å². The Hall–Kier alpha value is -3.20. The number of pyridine rings is 1. The summed E-state index contributed by atoms with van der Waals surface area (Å²) in [5.41, 5.74) is -0.532. The Morgan fingerprint density at radius 1 is 1.23 bits per heavy atom. The summed E-state index contributed by atoms with van der Waals surface area (Å²) in [6, 6.07) is 5.62. The number of hydrogen-bond acceptors (Lipinski definition) is 5. The number of aromatic hydroxyl groups is 1. The summed E-state index contributed by atoms with van der Waals surface area (Å²) in [5.74, 6) is -2.16. The van der Waals surface area contributed by atoms with Crippen molar-refractivity contribution < 1.29 is 19.1 Å². The van der Waals surface area contributed by atoms with Gasteiger partial charge in [-0.1, -0.05) is 19.1 Å². The number of aromatic nitrogens is 1. The predicted octanol–water partition coefficient (Wildman–Crippen LogP) is 1.13. The Morgan fingerprint density at radius 2 is 1.97 bits per heavy atom. The van der Waals surface area contributed by atoms with E-state index in [9.17, 15) is 23.9 Å². The van der Waals surface area contributed by atoms with Crippen LogP contribution >= 0.6 is 0 Å². The van der Waals surface area contributed by atoms with Crippen molar-refractivity contribution in [3.8, 4) is 5.75 Å². The van der Waals surface area contributed by atoms with Crippen LogP contribution in [0.15, 0.2) is 35.3 Å². The molecule has 8 nitrogen and oxygen atoms in total. The fraction of sp³-hybridized carbons (Fsp3) is 0.381. The van der Waals surface area contributed by atoms with Gasteiger partial charge in [-0.25, -0.2) is 4.39 Å². The maximum absolute atomic E-state index is 13.0. The van der Waals surface area contributed by atoms with Crippen LogP contribution in [0.4, 0.5) is 4.39 Å².